The lowest BCUT2D eigenvalue weighted by Gasteiger charge is -2.52. The number of fused-ring (bicyclic) bond motifs is 2. The van der Waals surface area contributed by atoms with Gasteiger partial charge in [-0.05, 0) is 94.4 Å². The zero-order valence-corrected chi connectivity index (χ0v) is 25.0. The van der Waals surface area contributed by atoms with E-state index in [1.807, 2.05) is 4.90 Å². The summed E-state index contributed by atoms with van der Waals surface area (Å²) in [5, 5.41) is 0. The maximum absolute atomic E-state index is 14.5. The Morgan fingerprint density at radius 3 is 2.52 bits per heavy atom. The number of carbonyl (C=O) groups excluding carboxylic acids is 1. The number of hydrogen-bond acceptors (Lipinski definition) is 6. The lowest BCUT2D eigenvalue weighted by Crippen LogP contribution is -2.56. The number of hydrogen-bond donors (Lipinski definition) is 2. The molecule has 7 rings (SSSR count). The highest BCUT2D eigenvalue weighted by atomic mass is 19.4. The highest BCUT2D eigenvalue weighted by molar-refractivity contribution is 5.82. The second kappa shape index (κ2) is 11.4. The zero-order chi connectivity index (χ0) is 29.2. The molecule has 10 unspecified atom stereocenters. The molecule has 0 spiro atoms. The van der Waals surface area contributed by atoms with E-state index in [4.69, 9.17) is 4.74 Å². The molecule has 7 nitrogen and oxygen atoms in total. The van der Waals surface area contributed by atoms with Gasteiger partial charge in [-0.1, -0.05) is 6.42 Å². The van der Waals surface area contributed by atoms with Gasteiger partial charge in [-0.3, -0.25) is 9.69 Å². The minimum atomic E-state index is -4.30. The third-order valence-electron chi connectivity index (χ3n) is 12.7. The van der Waals surface area contributed by atoms with Crippen molar-refractivity contribution in [2.75, 3.05) is 53.1 Å². The highest BCUT2D eigenvalue weighted by Crippen LogP contribution is 2.53. The summed E-state index contributed by atoms with van der Waals surface area (Å²) in [6.45, 7) is 4.76. The van der Waals surface area contributed by atoms with Crippen LogP contribution in [0.15, 0.2) is 0 Å². The molecule has 238 valence electrons. The number of alkyl halides is 4. The number of ether oxygens (including phenoxy) is 1. The van der Waals surface area contributed by atoms with Gasteiger partial charge in [0, 0.05) is 43.6 Å². The van der Waals surface area contributed by atoms with Crippen LogP contribution in [0.25, 0.3) is 0 Å². The molecule has 0 radical (unpaired) electrons. The second-order valence-corrected chi connectivity index (χ2v) is 15.2. The Bertz CT molecular complexity index is 997. The molecule has 0 aromatic rings. The van der Waals surface area contributed by atoms with Gasteiger partial charge in [0.05, 0.1) is 32.0 Å². The van der Waals surface area contributed by atoms with E-state index in [1.165, 1.54) is 0 Å². The minimum Gasteiger partial charge on any atom is -0.380 e. The van der Waals surface area contributed by atoms with Gasteiger partial charge in [-0.2, -0.15) is 13.2 Å². The third kappa shape index (κ3) is 5.52. The molecule has 2 N–H and O–H groups in total. The van der Waals surface area contributed by atoms with Crippen LogP contribution < -0.4 is 10.9 Å². The minimum absolute atomic E-state index is 0.0226. The predicted octanol–water partition coefficient (Wildman–Crippen LogP) is 4.01. The Labute approximate surface area is 247 Å². The van der Waals surface area contributed by atoms with Crippen molar-refractivity contribution >= 4 is 5.91 Å². The fraction of sp³-hybridized carbons (Fsp3) is 0.968. The molecule has 4 saturated heterocycles. The van der Waals surface area contributed by atoms with E-state index in [2.05, 4.69) is 27.7 Å². The van der Waals surface area contributed by atoms with Gasteiger partial charge >= 0.3 is 6.18 Å². The van der Waals surface area contributed by atoms with Gasteiger partial charge < -0.3 is 14.5 Å². The molecule has 0 aromatic carbocycles. The number of likely N-dealkylation sites (tertiary alicyclic amines) is 2. The average molecular weight is 600 g/mol. The van der Waals surface area contributed by atoms with Gasteiger partial charge in [0.1, 0.15) is 6.17 Å². The molecule has 3 saturated carbocycles. The molecule has 7 aliphatic rings. The molecule has 0 bridgehead atoms. The fourth-order valence-electron chi connectivity index (χ4n) is 10.3. The first kappa shape index (κ1) is 29.7. The van der Waals surface area contributed by atoms with E-state index < -0.39 is 30.1 Å². The van der Waals surface area contributed by atoms with Crippen LogP contribution in [0.2, 0.25) is 0 Å². The molecule has 42 heavy (non-hydrogen) atoms. The Morgan fingerprint density at radius 1 is 1.00 bits per heavy atom. The van der Waals surface area contributed by atoms with E-state index in [1.54, 1.807) is 0 Å². The number of hydrazine groups is 1. The van der Waals surface area contributed by atoms with Crippen LogP contribution in [0, 0.1) is 46.8 Å². The topological polar surface area (TPSA) is 60.1 Å². The van der Waals surface area contributed by atoms with E-state index >= 15 is 0 Å². The number of nitrogens with zero attached hydrogens (tertiary/aromatic N) is 3. The lowest BCUT2D eigenvalue weighted by molar-refractivity contribution is -0.204. The Hall–Kier alpha value is -1.01. The highest BCUT2D eigenvalue weighted by Gasteiger charge is 2.58. The monoisotopic (exact) mass is 599 g/mol. The van der Waals surface area contributed by atoms with Crippen molar-refractivity contribution in [3.8, 4) is 0 Å². The summed E-state index contributed by atoms with van der Waals surface area (Å²) < 4.78 is 63.3. The van der Waals surface area contributed by atoms with Gasteiger partial charge in [0.2, 0.25) is 5.91 Å². The maximum atomic E-state index is 14.5. The van der Waals surface area contributed by atoms with E-state index in [0.29, 0.717) is 43.6 Å². The summed E-state index contributed by atoms with van der Waals surface area (Å²) in [6, 6.07) is 0.0226. The molecule has 0 aromatic heterocycles. The summed E-state index contributed by atoms with van der Waals surface area (Å²) in [4.78, 5) is 20.4. The summed E-state index contributed by atoms with van der Waals surface area (Å²) in [6.07, 6.45) is 2.78. The average Bonchev–Trinajstić information content (AvgIpc) is 3.61. The van der Waals surface area contributed by atoms with Crippen molar-refractivity contribution in [3.63, 3.8) is 0 Å². The summed E-state index contributed by atoms with van der Waals surface area (Å²) in [5.41, 5.74) is 6.64. The van der Waals surface area contributed by atoms with Crippen molar-refractivity contribution in [1.29, 1.82) is 0 Å². The first-order chi connectivity index (χ1) is 20.1. The number of rotatable bonds is 6. The van der Waals surface area contributed by atoms with E-state index in [0.717, 1.165) is 71.5 Å². The SMILES string of the molecule is CN1CNNC1CC1(C2CCCC(N3CC4C(CC(CN5CC6CCC(F)CC6C5)CC4C(F)(F)F)C3=O)C2)COC1. The molecule has 11 heteroatoms. The van der Waals surface area contributed by atoms with Crippen LogP contribution in [0.5, 0.6) is 0 Å². The summed E-state index contributed by atoms with van der Waals surface area (Å²) in [7, 11) is 2.10. The molecule has 10 atom stereocenters. The quantitative estimate of drug-likeness (QED) is 0.451. The fourth-order valence-corrected chi connectivity index (χ4v) is 10.3. The summed E-state index contributed by atoms with van der Waals surface area (Å²) in [5.74, 6) is -1.54. The normalized spacial score (nSPS) is 44.7. The van der Waals surface area contributed by atoms with Crippen LogP contribution >= 0.6 is 0 Å². The van der Waals surface area contributed by atoms with E-state index in [9.17, 15) is 22.4 Å². The maximum Gasteiger partial charge on any atom is 0.392 e. The van der Waals surface area contributed by atoms with E-state index in [-0.39, 0.29) is 42.4 Å². The van der Waals surface area contributed by atoms with Gasteiger partial charge in [0.25, 0.3) is 0 Å². The van der Waals surface area contributed by atoms with Gasteiger partial charge in [0.15, 0.2) is 0 Å². The first-order valence-electron chi connectivity index (χ1n) is 16.6. The largest absolute Gasteiger partial charge is 0.392 e. The van der Waals surface area contributed by atoms with Crippen molar-refractivity contribution in [2.45, 2.75) is 88.8 Å². The van der Waals surface area contributed by atoms with Crippen molar-refractivity contribution in [2.24, 2.45) is 46.8 Å². The van der Waals surface area contributed by atoms with Crippen molar-refractivity contribution in [1.82, 2.24) is 25.6 Å². The lowest BCUT2D eigenvalue weighted by atomic mass is 9.64. The number of halogens is 4. The molecule has 3 aliphatic carbocycles. The molecular weight excluding hydrogens is 550 g/mol. The Kier molecular flexibility index (Phi) is 8.07. The zero-order valence-electron chi connectivity index (χ0n) is 25.0. The van der Waals surface area contributed by atoms with Crippen LogP contribution in [0.1, 0.15) is 64.2 Å². The predicted molar refractivity (Wildman–Crippen MR) is 149 cm³/mol. The smallest absolute Gasteiger partial charge is 0.380 e. The van der Waals surface area contributed by atoms with Crippen LogP contribution in [-0.2, 0) is 9.53 Å². The van der Waals surface area contributed by atoms with Crippen molar-refractivity contribution in [3.05, 3.63) is 0 Å². The molecule has 1 amide bonds. The Balaban J connectivity index is 1.03. The van der Waals surface area contributed by atoms with Crippen molar-refractivity contribution < 1.29 is 27.1 Å². The second-order valence-electron chi connectivity index (χ2n) is 15.2. The van der Waals surface area contributed by atoms with Gasteiger partial charge in [-0.25, -0.2) is 15.2 Å². The Morgan fingerprint density at radius 2 is 1.81 bits per heavy atom. The number of nitrogens with one attached hydrogen (secondary N) is 2. The number of amides is 1. The third-order valence-corrected chi connectivity index (χ3v) is 12.7. The molecular formula is C31H49F4N5O2. The van der Waals surface area contributed by atoms with Crippen LogP contribution in [0.4, 0.5) is 17.6 Å². The summed E-state index contributed by atoms with van der Waals surface area (Å²) >= 11 is 0. The van der Waals surface area contributed by atoms with Gasteiger partial charge in [-0.15, -0.1) is 0 Å². The standard InChI is InChI=1S/C31H49F4N5O2/c1-38-18-36-37-28(38)11-30(16-42-17-30)22-3-2-4-24(10-22)40-15-26-25(29(40)41)7-19(8-27(26)31(33,34)35)12-39-13-20-5-6-23(32)9-21(20)14-39/h19-28,36-37H,2-18H2,1H3. The number of carbonyl (C=O) groups is 1. The molecule has 4 heterocycles. The van der Waals surface area contributed by atoms with Crippen LogP contribution in [0.3, 0.4) is 0 Å². The first-order valence-corrected chi connectivity index (χ1v) is 16.6. The van der Waals surface area contributed by atoms with Crippen LogP contribution in [-0.4, -0.2) is 98.3 Å². The molecule has 4 aliphatic heterocycles. The molecule has 7 fully saturated rings.